The van der Waals surface area contributed by atoms with Gasteiger partial charge in [0.05, 0.1) is 16.4 Å². The summed E-state index contributed by atoms with van der Waals surface area (Å²) in [7, 11) is 0. The van der Waals surface area contributed by atoms with Gasteiger partial charge in [-0.1, -0.05) is 35.5 Å². The van der Waals surface area contributed by atoms with Crippen molar-refractivity contribution < 1.29 is 0 Å². The first-order valence-corrected chi connectivity index (χ1v) is 11.3. The average molecular weight is 439 g/mol. The molecule has 4 rings (SSSR count). The Bertz CT molecular complexity index is 989. The molecule has 0 unspecified atom stereocenters. The summed E-state index contributed by atoms with van der Waals surface area (Å²) in [5.41, 5.74) is 3.06. The van der Waals surface area contributed by atoms with Crippen molar-refractivity contribution in [1.29, 1.82) is 5.26 Å². The Morgan fingerprint density at radius 3 is 2.80 bits per heavy atom. The van der Waals surface area contributed by atoms with Crippen LogP contribution in [0.2, 0.25) is 5.02 Å². The molecular weight excluding hydrogens is 416 g/mol. The number of aromatic nitrogens is 2. The highest BCUT2D eigenvalue weighted by Gasteiger charge is 2.19. The van der Waals surface area contributed by atoms with E-state index in [1.54, 1.807) is 12.3 Å². The van der Waals surface area contributed by atoms with Crippen LogP contribution in [0.1, 0.15) is 30.5 Å². The normalized spacial score (nSPS) is 17.9. The Morgan fingerprint density at radius 2 is 2.03 bits per heavy atom. The minimum Gasteiger partial charge on any atom is -0.354 e. The second-order valence-corrected chi connectivity index (χ2v) is 8.51. The van der Waals surface area contributed by atoms with Gasteiger partial charge in [0.15, 0.2) is 0 Å². The Balaban J connectivity index is 1.40. The third-order valence-electron chi connectivity index (χ3n) is 5.08. The van der Waals surface area contributed by atoms with Crippen molar-refractivity contribution in [3.63, 3.8) is 0 Å². The van der Waals surface area contributed by atoms with Gasteiger partial charge in [-0.3, -0.25) is 0 Å². The largest absolute Gasteiger partial charge is 0.354 e. The number of hydrogen-bond acceptors (Lipinski definition) is 7. The summed E-state index contributed by atoms with van der Waals surface area (Å²) in [5.74, 6) is 0.552. The van der Waals surface area contributed by atoms with Gasteiger partial charge < -0.3 is 15.5 Å². The van der Waals surface area contributed by atoms with Gasteiger partial charge in [-0.2, -0.15) is 5.26 Å². The molecule has 0 atom stereocenters. The van der Waals surface area contributed by atoms with E-state index in [1.165, 1.54) is 37.7 Å². The smallest absolute Gasteiger partial charge is 0.223 e. The number of nitrogens with one attached hydrogen (secondary N) is 2. The summed E-state index contributed by atoms with van der Waals surface area (Å²) >= 11 is 7.46. The molecule has 0 bridgehead atoms. The fraction of sp³-hybridized carbons (Fsp3) is 0.318. The van der Waals surface area contributed by atoms with E-state index in [1.807, 2.05) is 29.7 Å². The van der Waals surface area contributed by atoms with Crippen molar-refractivity contribution in [3.05, 3.63) is 63.2 Å². The van der Waals surface area contributed by atoms with E-state index in [4.69, 9.17) is 11.6 Å². The Morgan fingerprint density at radius 1 is 1.23 bits per heavy atom. The Hall–Kier alpha value is -2.53. The summed E-state index contributed by atoms with van der Waals surface area (Å²) in [5, 5.41) is 19.8. The van der Waals surface area contributed by atoms with Crippen molar-refractivity contribution >= 4 is 40.6 Å². The summed E-state index contributed by atoms with van der Waals surface area (Å²) in [6, 6.07) is 11.7. The van der Waals surface area contributed by atoms with Crippen LogP contribution in [0, 0.1) is 11.3 Å². The van der Waals surface area contributed by atoms with Gasteiger partial charge >= 0.3 is 0 Å². The highest BCUT2D eigenvalue weighted by atomic mass is 35.5. The van der Waals surface area contributed by atoms with Crippen molar-refractivity contribution in [2.75, 3.05) is 31.5 Å². The molecule has 2 aromatic rings. The molecule has 0 radical (unpaired) electrons. The first-order chi connectivity index (χ1) is 14.7. The molecule has 30 heavy (non-hydrogen) atoms. The van der Waals surface area contributed by atoms with Gasteiger partial charge in [-0.05, 0) is 62.7 Å². The number of nitriles is 1. The molecule has 1 aromatic carbocycles. The van der Waals surface area contributed by atoms with Gasteiger partial charge in [0, 0.05) is 23.2 Å². The molecule has 1 fully saturated rings. The number of allylic oxidation sites excluding steroid dienone is 1. The maximum absolute atomic E-state index is 9.77. The first-order valence-electron chi connectivity index (χ1n) is 10.1. The van der Waals surface area contributed by atoms with Crippen LogP contribution in [0.15, 0.2) is 47.0 Å². The first kappa shape index (κ1) is 20.7. The number of nitrogens with zero attached hydrogens (tertiary/aromatic N) is 4. The molecule has 2 aliphatic heterocycles. The molecule has 8 heteroatoms. The molecule has 2 N–H and O–H groups in total. The second-order valence-electron chi connectivity index (χ2n) is 7.19. The number of halogens is 1. The van der Waals surface area contributed by atoms with Crippen molar-refractivity contribution in [2.24, 2.45) is 0 Å². The van der Waals surface area contributed by atoms with Crippen LogP contribution in [0.25, 0.3) is 11.3 Å². The molecule has 1 aromatic heterocycles. The molecule has 0 spiro atoms. The number of likely N-dealkylation sites (tertiary alicyclic amines) is 1. The Labute approximate surface area is 186 Å². The zero-order chi connectivity index (χ0) is 20.8. The van der Waals surface area contributed by atoms with E-state index in [2.05, 4.69) is 31.6 Å². The van der Waals surface area contributed by atoms with E-state index in [-0.39, 0.29) is 0 Å². The number of anilines is 1. The van der Waals surface area contributed by atoms with Gasteiger partial charge in [0.2, 0.25) is 5.95 Å². The lowest BCUT2D eigenvalue weighted by molar-refractivity contribution is 0.337. The van der Waals surface area contributed by atoms with Crippen molar-refractivity contribution in [1.82, 2.24) is 20.2 Å². The van der Waals surface area contributed by atoms with Gasteiger partial charge in [0.25, 0.3) is 0 Å². The lowest BCUT2D eigenvalue weighted by Gasteiger charge is -2.14. The van der Waals surface area contributed by atoms with E-state index >= 15 is 0 Å². The summed E-state index contributed by atoms with van der Waals surface area (Å²) in [6.45, 7) is 4.33. The quantitative estimate of drug-likeness (QED) is 0.484. The zero-order valence-electron chi connectivity index (χ0n) is 16.6. The molecule has 6 nitrogen and oxygen atoms in total. The molecule has 154 valence electrons. The SMILES string of the molecule is N#CC(=C1NC(c2ccc(Cl)cc2)=CS1)c1ccnc(NCCCN2CCCC2)n1. The highest BCUT2D eigenvalue weighted by molar-refractivity contribution is 8.06. The van der Waals surface area contributed by atoms with Crippen LogP contribution in [0.3, 0.4) is 0 Å². The molecule has 3 heterocycles. The summed E-state index contributed by atoms with van der Waals surface area (Å²) in [6.07, 6.45) is 5.36. The van der Waals surface area contributed by atoms with E-state index in [0.29, 0.717) is 22.2 Å². The molecule has 2 aliphatic rings. The highest BCUT2D eigenvalue weighted by Crippen LogP contribution is 2.34. The zero-order valence-corrected chi connectivity index (χ0v) is 18.1. The van der Waals surface area contributed by atoms with Gasteiger partial charge in [-0.15, -0.1) is 0 Å². The van der Waals surface area contributed by atoms with E-state index < -0.39 is 0 Å². The van der Waals surface area contributed by atoms with Crippen molar-refractivity contribution in [3.8, 4) is 6.07 Å². The monoisotopic (exact) mass is 438 g/mol. The van der Waals surface area contributed by atoms with Crippen LogP contribution in [-0.4, -0.2) is 41.0 Å². The number of rotatable bonds is 7. The fourth-order valence-corrected chi connectivity index (χ4v) is 4.50. The standard InChI is InChI=1S/C22H23ClN6S/c23-17-6-4-16(5-7-17)20-15-30-21(27-20)18(14-24)19-8-10-26-22(28-19)25-9-3-13-29-11-1-2-12-29/h4-8,10,15,27H,1-3,9,11-13H2,(H,25,26,28). The average Bonchev–Trinajstić information content (AvgIpc) is 3.45. The minimum absolute atomic E-state index is 0.503. The van der Waals surface area contributed by atoms with Crippen LogP contribution in [-0.2, 0) is 0 Å². The summed E-state index contributed by atoms with van der Waals surface area (Å²) in [4.78, 5) is 11.4. The van der Waals surface area contributed by atoms with E-state index in [0.717, 1.165) is 35.8 Å². The van der Waals surface area contributed by atoms with Crippen molar-refractivity contribution in [2.45, 2.75) is 19.3 Å². The predicted octanol–water partition coefficient (Wildman–Crippen LogP) is 4.55. The predicted molar refractivity (Wildman–Crippen MR) is 124 cm³/mol. The van der Waals surface area contributed by atoms with Gasteiger partial charge in [-0.25, -0.2) is 9.97 Å². The maximum Gasteiger partial charge on any atom is 0.223 e. The van der Waals surface area contributed by atoms with Crippen LogP contribution >= 0.6 is 23.4 Å². The lowest BCUT2D eigenvalue weighted by atomic mass is 10.1. The maximum atomic E-state index is 9.77. The molecule has 0 amide bonds. The molecular formula is C22H23ClN6S. The molecule has 0 aliphatic carbocycles. The van der Waals surface area contributed by atoms with Crippen LogP contribution < -0.4 is 10.6 Å². The fourth-order valence-electron chi connectivity index (χ4n) is 3.51. The number of thioether (sulfide) groups is 1. The number of benzene rings is 1. The third kappa shape index (κ3) is 5.14. The van der Waals surface area contributed by atoms with Gasteiger partial charge in [0.1, 0.15) is 11.6 Å². The molecule has 0 saturated carbocycles. The van der Waals surface area contributed by atoms with Crippen LogP contribution in [0.4, 0.5) is 5.95 Å². The van der Waals surface area contributed by atoms with Crippen LogP contribution in [0.5, 0.6) is 0 Å². The second kappa shape index (κ2) is 9.98. The minimum atomic E-state index is 0.503. The molecule has 1 saturated heterocycles. The Kier molecular flexibility index (Phi) is 6.90. The topological polar surface area (TPSA) is 76.9 Å². The van der Waals surface area contributed by atoms with E-state index in [9.17, 15) is 5.26 Å². The summed E-state index contributed by atoms with van der Waals surface area (Å²) < 4.78 is 0. The lowest BCUT2D eigenvalue weighted by Crippen LogP contribution is -2.22. The number of hydrogen-bond donors (Lipinski definition) is 2. The third-order valence-corrected chi connectivity index (χ3v) is 6.23.